The maximum Gasteiger partial charge on any atom is 0.338 e. The zero-order valence-corrected chi connectivity index (χ0v) is 16.1. The van der Waals surface area contributed by atoms with Crippen molar-refractivity contribution in [1.82, 2.24) is 9.80 Å². The average molecular weight is 389 g/mol. The summed E-state index contributed by atoms with van der Waals surface area (Å²) in [5, 5.41) is 2.52. The molecule has 0 bridgehead atoms. The number of nitrogens with one attached hydrogen (secondary N) is 1. The van der Waals surface area contributed by atoms with Crippen LogP contribution in [0.25, 0.3) is 0 Å². The number of carbonyl (C=O) groups is 5. The number of rotatable bonds is 8. The van der Waals surface area contributed by atoms with Crippen molar-refractivity contribution in [1.29, 1.82) is 0 Å². The Bertz CT molecular complexity index is 787. The largest absolute Gasteiger partial charge is 0.459 e. The van der Waals surface area contributed by atoms with Crippen molar-refractivity contribution in [2.75, 3.05) is 18.4 Å². The summed E-state index contributed by atoms with van der Waals surface area (Å²) in [6, 6.07) is 5.19. The van der Waals surface area contributed by atoms with Crippen molar-refractivity contribution in [3.8, 4) is 0 Å². The van der Waals surface area contributed by atoms with Gasteiger partial charge in [-0.15, -0.1) is 0 Å². The second-order valence-electron chi connectivity index (χ2n) is 6.56. The number of esters is 1. The molecule has 1 aromatic rings. The average Bonchev–Trinajstić information content (AvgIpc) is 2.83. The number of unbranched alkanes of at least 4 members (excludes halogenated alkanes) is 1. The van der Waals surface area contributed by atoms with Gasteiger partial charge in [-0.05, 0) is 44.5 Å². The Labute approximate surface area is 162 Å². The molecule has 0 unspecified atom stereocenters. The highest BCUT2D eigenvalue weighted by Gasteiger charge is 2.44. The first-order valence-corrected chi connectivity index (χ1v) is 9.02. The first-order valence-electron chi connectivity index (χ1n) is 9.02. The molecule has 1 aromatic carbocycles. The van der Waals surface area contributed by atoms with Crippen molar-refractivity contribution >= 4 is 35.4 Å². The monoisotopic (exact) mass is 389 g/mol. The lowest BCUT2D eigenvalue weighted by atomic mass is 10.2. The number of ether oxygens (including phenoxy) is 1. The van der Waals surface area contributed by atoms with E-state index in [2.05, 4.69) is 5.32 Å². The van der Waals surface area contributed by atoms with E-state index in [0.717, 1.165) is 11.3 Å². The Kier molecular flexibility index (Phi) is 6.86. The SMILES string of the molecule is CCCCN1C(=O)C(=O)N(CC(=O)Nc2ccc(C(=O)OC(C)C)cc2)C1=O. The second-order valence-corrected chi connectivity index (χ2v) is 6.56. The Morgan fingerprint density at radius 2 is 1.64 bits per heavy atom. The minimum Gasteiger partial charge on any atom is -0.459 e. The van der Waals surface area contributed by atoms with Crippen molar-refractivity contribution in [3.05, 3.63) is 29.8 Å². The van der Waals surface area contributed by atoms with Crippen molar-refractivity contribution in [2.45, 2.75) is 39.7 Å². The Hall–Kier alpha value is -3.23. The fraction of sp³-hybridized carbons (Fsp3) is 0.421. The summed E-state index contributed by atoms with van der Waals surface area (Å²) >= 11 is 0. The van der Waals surface area contributed by atoms with Gasteiger partial charge in [0.05, 0.1) is 11.7 Å². The molecule has 1 fully saturated rings. The summed E-state index contributed by atoms with van der Waals surface area (Å²) in [6.45, 7) is 4.95. The molecule has 1 aliphatic rings. The third kappa shape index (κ3) is 4.93. The predicted molar refractivity (Wildman–Crippen MR) is 99.4 cm³/mol. The van der Waals surface area contributed by atoms with Crippen LogP contribution >= 0.6 is 0 Å². The van der Waals surface area contributed by atoms with E-state index < -0.39 is 36.3 Å². The standard InChI is InChI=1S/C19H23N3O6/c1-4-5-10-21-16(24)17(25)22(19(21)27)11-15(23)20-14-8-6-13(7-9-14)18(26)28-12(2)3/h6-9,12H,4-5,10-11H2,1-3H3,(H,20,23). The van der Waals surface area contributed by atoms with E-state index in [0.29, 0.717) is 22.6 Å². The molecule has 0 saturated carbocycles. The molecule has 1 saturated heterocycles. The minimum atomic E-state index is -1.01. The quantitative estimate of drug-likeness (QED) is 0.412. The van der Waals surface area contributed by atoms with Gasteiger partial charge in [0.25, 0.3) is 0 Å². The zero-order valence-electron chi connectivity index (χ0n) is 16.1. The first-order chi connectivity index (χ1) is 13.2. The summed E-state index contributed by atoms with van der Waals surface area (Å²) in [4.78, 5) is 61.5. The maximum atomic E-state index is 12.2. The molecule has 0 aliphatic carbocycles. The third-order valence-electron chi connectivity index (χ3n) is 3.92. The van der Waals surface area contributed by atoms with E-state index in [1.54, 1.807) is 13.8 Å². The molecule has 9 nitrogen and oxygen atoms in total. The van der Waals surface area contributed by atoms with Crippen molar-refractivity contribution in [2.24, 2.45) is 0 Å². The van der Waals surface area contributed by atoms with Gasteiger partial charge in [0.15, 0.2) is 0 Å². The van der Waals surface area contributed by atoms with E-state index in [9.17, 15) is 24.0 Å². The highest BCUT2D eigenvalue weighted by atomic mass is 16.5. The van der Waals surface area contributed by atoms with E-state index in [-0.39, 0.29) is 12.6 Å². The second kappa shape index (κ2) is 9.12. The van der Waals surface area contributed by atoms with Crippen LogP contribution in [-0.2, 0) is 19.1 Å². The van der Waals surface area contributed by atoms with Gasteiger partial charge in [-0.3, -0.25) is 19.3 Å². The summed E-state index contributed by atoms with van der Waals surface area (Å²) < 4.78 is 5.07. The van der Waals surface area contributed by atoms with Crippen molar-refractivity contribution in [3.63, 3.8) is 0 Å². The molecule has 0 radical (unpaired) electrons. The van der Waals surface area contributed by atoms with Gasteiger partial charge in [-0.2, -0.15) is 0 Å². The lowest BCUT2D eigenvalue weighted by Crippen LogP contribution is -2.39. The summed E-state index contributed by atoms with van der Waals surface area (Å²) in [5.41, 5.74) is 0.702. The lowest BCUT2D eigenvalue weighted by Gasteiger charge is -2.15. The molecule has 2 rings (SSSR count). The predicted octanol–water partition coefficient (Wildman–Crippen LogP) is 1.78. The highest BCUT2D eigenvalue weighted by molar-refractivity contribution is 6.45. The molecule has 1 aliphatic heterocycles. The molecule has 0 spiro atoms. The van der Waals surface area contributed by atoms with Crippen LogP contribution in [0.1, 0.15) is 44.0 Å². The topological polar surface area (TPSA) is 113 Å². The molecule has 0 atom stereocenters. The van der Waals surface area contributed by atoms with Crippen LogP contribution in [0.5, 0.6) is 0 Å². The maximum absolute atomic E-state index is 12.2. The normalized spacial score (nSPS) is 14.1. The Morgan fingerprint density at radius 3 is 2.21 bits per heavy atom. The van der Waals surface area contributed by atoms with E-state index in [4.69, 9.17) is 4.74 Å². The number of benzene rings is 1. The number of carbonyl (C=O) groups excluding carboxylic acids is 5. The number of anilines is 1. The molecule has 28 heavy (non-hydrogen) atoms. The molecule has 9 heteroatoms. The smallest absolute Gasteiger partial charge is 0.338 e. The summed E-state index contributed by atoms with van der Waals surface area (Å²) in [7, 11) is 0. The number of nitrogens with zero attached hydrogens (tertiary/aromatic N) is 2. The fourth-order valence-electron chi connectivity index (χ4n) is 2.52. The number of hydrogen-bond acceptors (Lipinski definition) is 6. The van der Waals surface area contributed by atoms with Gasteiger partial charge in [0.1, 0.15) is 6.54 Å². The minimum absolute atomic E-state index is 0.145. The van der Waals surface area contributed by atoms with Gasteiger partial charge < -0.3 is 10.1 Å². The number of imide groups is 2. The Morgan fingerprint density at radius 1 is 1.04 bits per heavy atom. The number of amides is 5. The number of hydrogen-bond donors (Lipinski definition) is 1. The molecule has 150 valence electrons. The zero-order chi connectivity index (χ0) is 20.8. The highest BCUT2D eigenvalue weighted by Crippen LogP contribution is 2.15. The van der Waals surface area contributed by atoms with Crippen molar-refractivity contribution < 1.29 is 28.7 Å². The van der Waals surface area contributed by atoms with Crippen LogP contribution < -0.4 is 5.32 Å². The van der Waals surface area contributed by atoms with E-state index >= 15 is 0 Å². The molecule has 1 N–H and O–H groups in total. The van der Waals surface area contributed by atoms with Crippen LogP contribution in [-0.4, -0.2) is 58.7 Å². The molecule has 5 amide bonds. The Balaban J connectivity index is 1.96. The van der Waals surface area contributed by atoms with E-state index in [1.165, 1.54) is 24.3 Å². The molecular weight excluding hydrogens is 366 g/mol. The lowest BCUT2D eigenvalue weighted by molar-refractivity contribution is -0.143. The molecule has 1 heterocycles. The van der Waals surface area contributed by atoms with Gasteiger partial charge >= 0.3 is 23.8 Å². The summed E-state index contributed by atoms with van der Waals surface area (Å²) in [6.07, 6.45) is 1.09. The summed E-state index contributed by atoms with van der Waals surface area (Å²) in [5.74, 6) is -3.04. The van der Waals surface area contributed by atoms with Crippen LogP contribution in [0, 0.1) is 0 Å². The van der Waals surface area contributed by atoms with Gasteiger partial charge in [-0.1, -0.05) is 13.3 Å². The molecule has 0 aromatic heterocycles. The first kappa shape index (κ1) is 21.1. The third-order valence-corrected chi connectivity index (χ3v) is 3.92. The fourth-order valence-corrected chi connectivity index (χ4v) is 2.52. The van der Waals surface area contributed by atoms with Gasteiger partial charge in [-0.25, -0.2) is 14.5 Å². The van der Waals surface area contributed by atoms with Crippen LogP contribution in [0.3, 0.4) is 0 Å². The van der Waals surface area contributed by atoms with Gasteiger partial charge in [0, 0.05) is 12.2 Å². The molecular formula is C19H23N3O6. The van der Waals surface area contributed by atoms with E-state index in [1.807, 2.05) is 6.92 Å². The van der Waals surface area contributed by atoms with Crippen LogP contribution in [0.15, 0.2) is 24.3 Å². The number of urea groups is 1. The van der Waals surface area contributed by atoms with Crippen LogP contribution in [0.4, 0.5) is 10.5 Å². The van der Waals surface area contributed by atoms with Gasteiger partial charge in [0.2, 0.25) is 5.91 Å². The van der Waals surface area contributed by atoms with Crippen LogP contribution in [0.2, 0.25) is 0 Å².